The third kappa shape index (κ3) is 4.79. The van der Waals surface area contributed by atoms with E-state index in [-0.39, 0.29) is 12.6 Å². The van der Waals surface area contributed by atoms with Crippen molar-refractivity contribution >= 4 is 21.9 Å². The number of likely N-dealkylation sites (tertiary alicyclic amines) is 1. The minimum atomic E-state index is -3.31. The number of carboxylic acids is 1. The van der Waals surface area contributed by atoms with Crippen LogP contribution in [0.5, 0.6) is 0 Å². The summed E-state index contributed by atoms with van der Waals surface area (Å²) in [4.78, 5) is 24.4. The van der Waals surface area contributed by atoms with Gasteiger partial charge in [0.2, 0.25) is 15.9 Å². The molecule has 8 heteroatoms. The molecule has 2 unspecified atom stereocenters. The van der Waals surface area contributed by atoms with E-state index in [2.05, 4.69) is 4.72 Å². The van der Waals surface area contributed by atoms with Gasteiger partial charge in [-0.25, -0.2) is 13.1 Å². The molecule has 1 heterocycles. The van der Waals surface area contributed by atoms with Crippen molar-refractivity contribution in [1.82, 2.24) is 9.62 Å². The van der Waals surface area contributed by atoms with Crippen LogP contribution in [0.2, 0.25) is 0 Å². The van der Waals surface area contributed by atoms with Crippen LogP contribution < -0.4 is 4.72 Å². The van der Waals surface area contributed by atoms with E-state index in [9.17, 15) is 18.0 Å². The van der Waals surface area contributed by atoms with E-state index in [1.807, 2.05) is 0 Å². The molecule has 0 aliphatic carbocycles. The molecule has 1 rings (SSSR count). The normalized spacial score (nSPS) is 22.0. The topological polar surface area (TPSA) is 104 Å². The van der Waals surface area contributed by atoms with Crippen molar-refractivity contribution < 1.29 is 23.1 Å². The first-order valence-corrected chi connectivity index (χ1v) is 8.09. The number of hydrogen-bond acceptors (Lipinski definition) is 4. The van der Waals surface area contributed by atoms with Crippen molar-refractivity contribution in [2.75, 3.05) is 19.3 Å². The van der Waals surface area contributed by atoms with Crippen molar-refractivity contribution in [3.63, 3.8) is 0 Å². The van der Waals surface area contributed by atoms with Gasteiger partial charge in [0.15, 0.2) is 0 Å². The molecular formula is C11H20N2O5S. The summed E-state index contributed by atoms with van der Waals surface area (Å²) in [6.45, 7) is 1.96. The summed E-state index contributed by atoms with van der Waals surface area (Å²) in [5.41, 5.74) is 0. The number of aliphatic carboxylic acids is 1. The fraction of sp³-hybridized carbons (Fsp3) is 0.818. The highest BCUT2D eigenvalue weighted by Gasteiger charge is 2.32. The lowest BCUT2D eigenvalue weighted by Crippen LogP contribution is -2.51. The summed E-state index contributed by atoms with van der Waals surface area (Å²) in [5.74, 6) is -2.71. The maximum atomic E-state index is 12.0. The summed E-state index contributed by atoms with van der Waals surface area (Å²) >= 11 is 0. The molecule has 0 aromatic rings. The molecule has 0 aromatic carbocycles. The lowest BCUT2D eigenvalue weighted by Gasteiger charge is -2.36. The van der Waals surface area contributed by atoms with Crippen LogP contribution in [0, 0.1) is 5.92 Å². The molecular weight excluding hydrogens is 272 g/mol. The maximum Gasteiger partial charge on any atom is 0.315 e. The molecule has 1 aliphatic heterocycles. The number of piperidine rings is 1. The van der Waals surface area contributed by atoms with Crippen LogP contribution in [-0.4, -0.2) is 55.7 Å². The van der Waals surface area contributed by atoms with Gasteiger partial charge in [-0.2, -0.15) is 0 Å². The van der Waals surface area contributed by atoms with Gasteiger partial charge in [0.1, 0.15) is 5.92 Å². The molecule has 1 amide bonds. The Morgan fingerprint density at radius 3 is 2.58 bits per heavy atom. The van der Waals surface area contributed by atoms with Crippen LogP contribution >= 0.6 is 0 Å². The molecule has 110 valence electrons. The Hall–Kier alpha value is -1.15. The number of carbonyl (C=O) groups is 2. The van der Waals surface area contributed by atoms with Crippen molar-refractivity contribution in [2.45, 2.75) is 32.2 Å². The average Bonchev–Trinajstić information content (AvgIpc) is 2.34. The van der Waals surface area contributed by atoms with Crippen LogP contribution in [0.4, 0.5) is 0 Å². The first kappa shape index (κ1) is 15.9. The van der Waals surface area contributed by atoms with E-state index < -0.39 is 27.8 Å². The number of hydrogen-bond donors (Lipinski definition) is 2. The third-order valence-corrected chi connectivity index (χ3v) is 3.92. The molecule has 1 aliphatic rings. The highest BCUT2D eigenvalue weighted by molar-refractivity contribution is 7.88. The van der Waals surface area contributed by atoms with Gasteiger partial charge < -0.3 is 10.0 Å². The van der Waals surface area contributed by atoms with Gasteiger partial charge >= 0.3 is 5.97 Å². The van der Waals surface area contributed by atoms with Gasteiger partial charge in [0.25, 0.3) is 0 Å². The monoisotopic (exact) mass is 292 g/mol. The van der Waals surface area contributed by atoms with Gasteiger partial charge in [0.05, 0.1) is 6.26 Å². The fourth-order valence-corrected chi connectivity index (χ4v) is 2.60. The predicted octanol–water partition coefficient (Wildman–Crippen LogP) is -0.363. The molecule has 1 saturated heterocycles. The second-order valence-electron chi connectivity index (χ2n) is 4.86. The number of carboxylic acid groups (broad SMARTS) is 1. The molecule has 2 N–H and O–H groups in total. The first-order chi connectivity index (χ1) is 8.72. The molecule has 0 radical (unpaired) electrons. The van der Waals surface area contributed by atoms with E-state index in [0.29, 0.717) is 13.0 Å². The zero-order valence-corrected chi connectivity index (χ0v) is 11.9. The molecule has 19 heavy (non-hydrogen) atoms. The lowest BCUT2D eigenvalue weighted by atomic mass is 10.00. The third-order valence-electron chi connectivity index (χ3n) is 3.23. The van der Waals surface area contributed by atoms with E-state index in [4.69, 9.17) is 5.11 Å². The van der Waals surface area contributed by atoms with E-state index in [1.165, 1.54) is 11.8 Å². The average molecular weight is 292 g/mol. The van der Waals surface area contributed by atoms with Crippen molar-refractivity contribution in [1.29, 1.82) is 0 Å². The molecule has 7 nitrogen and oxygen atoms in total. The second-order valence-corrected chi connectivity index (χ2v) is 6.69. The quantitative estimate of drug-likeness (QED) is 0.673. The van der Waals surface area contributed by atoms with Gasteiger partial charge in [-0.05, 0) is 26.2 Å². The van der Waals surface area contributed by atoms with Crippen molar-refractivity contribution in [3.05, 3.63) is 0 Å². The summed E-state index contributed by atoms with van der Waals surface area (Å²) in [6, 6.07) is -0.266. The molecule has 0 saturated carbocycles. The molecule has 2 atom stereocenters. The number of sulfonamides is 1. The molecule has 1 fully saturated rings. The molecule has 0 aromatic heterocycles. The van der Waals surface area contributed by atoms with Gasteiger partial charge in [-0.3, -0.25) is 9.59 Å². The Morgan fingerprint density at radius 1 is 1.42 bits per heavy atom. The van der Waals surface area contributed by atoms with Crippen LogP contribution in [0.3, 0.4) is 0 Å². The highest BCUT2D eigenvalue weighted by atomic mass is 32.2. The van der Waals surface area contributed by atoms with Crippen molar-refractivity contribution in [2.24, 2.45) is 5.92 Å². The van der Waals surface area contributed by atoms with Gasteiger partial charge in [0, 0.05) is 19.1 Å². The molecule has 0 bridgehead atoms. The summed E-state index contributed by atoms with van der Waals surface area (Å²) in [6.07, 6.45) is 3.46. The largest absolute Gasteiger partial charge is 0.481 e. The van der Waals surface area contributed by atoms with Gasteiger partial charge in [-0.1, -0.05) is 0 Å². The van der Waals surface area contributed by atoms with Gasteiger partial charge in [-0.15, -0.1) is 0 Å². The number of amides is 1. The summed E-state index contributed by atoms with van der Waals surface area (Å²) < 4.78 is 24.5. The van der Waals surface area contributed by atoms with Crippen LogP contribution in [-0.2, 0) is 19.6 Å². The maximum absolute atomic E-state index is 12.0. The predicted molar refractivity (Wildman–Crippen MR) is 69.0 cm³/mol. The zero-order valence-electron chi connectivity index (χ0n) is 11.1. The molecule has 0 spiro atoms. The SMILES string of the molecule is CC(C(=O)O)C(=O)N1CCCCC1CNS(C)(=O)=O. The first-order valence-electron chi connectivity index (χ1n) is 6.20. The smallest absolute Gasteiger partial charge is 0.315 e. The van der Waals surface area contributed by atoms with Crippen molar-refractivity contribution in [3.8, 4) is 0 Å². The second kappa shape index (κ2) is 6.33. The Balaban J connectivity index is 2.72. The van der Waals surface area contributed by atoms with Crippen LogP contribution in [0.25, 0.3) is 0 Å². The summed E-state index contributed by atoms with van der Waals surface area (Å²) in [7, 11) is -3.31. The minimum absolute atomic E-state index is 0.136. The number of rotatable bonds is 5. The standard InChI is InChI=1S/C11H20N2O5S/c1-8(11(15)16)10(14)13-6-4-3-5-9(13)7-12-19(2,17)18/h8-9,12H,3-7H2,1-2H3,(H,15,16). The van der Waals surface area contributed by atoms with Crippen LogP contribution in [0.1, 0.15) is 26.2 Å². The Kier molecular flexibility index (Phi) is 5.30. The highest BCUT2D eigenvalue weighted by Crippen LogP contribution is 2.19. The van der Waals surface area contributed by atoms with E-state index in [1.54, 1.807) is 0 Å². The Bertz CT molecular complexity index is 448. The Morgan fingerprint density at radius 2 is 2.05 bits per heavy atom. The Labute approximate surface area is 113 Å². The zero-order chi connectivity index (χ0) is 14.6. The number of nitrogens with one attached hydrogen (secondary N) is 1. The summed E-state index contributed by atoms with van der Waals surface area (Å²) in [5, 5.41) is 8.87. The number of carbonyl (C=O) groups excluding carboxylic acids is 1. The minimum Gasteiger partial charge on any atom is -0.481 e. The number of nitrogens with zero attached hydrogens (tertiary/aromatic N) is 1. The van der Waals surface area contributed by atoms with E-state index >= 15 is 0 Å². The fourth-order valence-electron chi connectivity index (χ4n) is 2.10. The van der Waals surface area contributed by atoms with Crippen LogP contribution in [0.15, 0.2) is 0 Å². The van der Waals surface area contributed by atoms with E-state index in [0.717, 1.165) is 19.1 Å². The lowest BCUT2D eigenvalue weighted by molar-refractivity contribution is -0.152.